The van der Waals surface area contributed by atoms with E-state index in [2.05, 4.69) is 5.32 Å². The fourth-order valence-corrected chi connectivity index (χ4v) is 2.71. The van der Waals surface area contributed by atoms with Crippen LogP contribution in [0.25, 0.3) is 0 Å². The minimum atomic E-state index is -0.902. The minimum Gasteiger partial charge on any atom is -0.481 e. The fourth-order valence-electron chi connectivity index (χ4n) is 2.71. The Hall–Kier alpha value is -1.88. The summed E-state index contributed by atoms with van der Waals surface area (Å²) in [7, 11) is 0. The Morgan fingerprint density at radius 1 is 1.41 bits per heavy atom. The molecule has 5 heteroatoms. The van der Waals surface area contributed by atoms with Gasteiger partial charge in [-0.05, 0) is 44.2 Å². The van der Waals surface area contributed by atoms with Crippen molar-refractivity contribution in [3.8, 4) is 0 Å². The third-order valence-electron chi connectivity index (χ3n) is 4.28. The maximum Gasteiger partial charge on any atom is 0.308 e. The highest BCUT2D eigenvalue weighted by atomic mass is 16.5. The van der Waals surface area contributed by atoms with Gasteiger partial charge in [0.1, 0.15) is 5.60 Å². The number of hydrogen-bond donors (Lipinski definition) is 2. The largest absolute Gasteiger partial charge is 0.481 e. The van der Waals surface area contributed by atoms with E-state index in [9.17, 15) is 14.7 Å². The maximum atomic E-state index is 12.2. The zero-order valence-corrected chi connectivity index (χ0v) is 13.1. The number of rotatable bonds is 6. The van der Waals surface area contributed by atoms with Gasteiger partial charge in [-0.3, -0.25) is 9.59 Å². The van der Waals surface area contributed by atoms with Gasteiger partial charge in [0, 0.05) is 13.2 Å². The number of benzene rings is 1. The van der Waals surface area contributed by atoms with Crippen LogP contribution in [0.15, 0.2) is 24.3 Å². The van der Waals surface area contributed by atoms with Crippen LogP contribution in [0.2, 0.25) is 0 Å². The van der Waals surface area contributed by atoms with Gasteiger partial charge < -0.3 is 15.2 Å². The van der Waals surface area contributed by atoms with E-state index in [-0.39, 0.29) is 12.5 Å². The van der Waals surface area contributed by atoms with E-state index < -0.39 is 17.5 Å². The lowest BCUT2D eigenvalue weighted by Crippen LogP contribution is -2.46. The van der Waals surface area contributed by atoms with E-state index in [1.54, 1.807) is 6.92 Å². The Bertz CT molecular complexity index is 549. The Morgan fingerprint density at radius 3 is 2.73 bits per heavy atom. The van der Waals surface area contributed by atoms with Crippen molar-refractivity contribution in [1.29, 1.82) is 0 Å². The summed E-state index contributed by atoms with van der Waals surface area (Å²) >= 11 is 0. The summed E-state index contributed by atoms with van der Waals surface area (Å²) in [5, 5.41) is 12.1. The van der Waals surface area contributed by atoms with Crippen LogP contribution in [0.4, 0.5) is 0 Å². The predicted octanol–water partition coefficient (Wildman–Crippen LogP) is 1.92. The molecule has 22 heavy (non-hydrogen) atoms. The summed E-state index contributed by atoms with van der Waals surface area (Å²) in [4.78, 5) is 23.6. The van der Waals surface area contributed by atoms with Crippen molar-refractivity contribution < 1.29 is 19.4 Å². The average Bonchev–Trinajstić information content (AvgIpc) is 2.92. The molecule has 0 bridgehead atoms. The van der Waals surface area contributed by atoms with E-state index >= 15 is 0 Å². The molecular formula is C17H23NO4. The van der Waals surface area contributed by atoms with Crippen LogP contribution in [-0.2, 0) is 20.7 Å². The molecule has 0 aliphatic carbocycles. The van der Waals surface area contributed by atoms with Crippen molar-refractivity contribution in [3.63, 3.8) is 0 Å². The first-order valence-electron chi connectivity index (χ1n) is 7.62. The molecule has 1 amide bonds. The summed E-state index contributed by atoms with van der Waals surface area (Å²) in [5.41, 5.74) is 1.24. The molecule has 1 aromatic carbocycles. The fraction of sp³-hybridized carbons (Fsp3) is 0.529. The van der Waals surface area contributed by atoms with Gasteiger partial charge in [0.25, 0.3) is 5.91 Å². The van der Waals surface area contributed by atoms with E-state index in [1.807, 2.05) is 31.2 Å². The highest BCUT2D eigenvalue weighted by Gasteiger charge is 2.38. The van der Waals surface area contributed by atoms with Crippen LogP contribution >= 0.6 is 0 Å². The second kappa shape index (κ2) is 6.92. The number of hydrogen-bond acceptors (Lipinski definition) is 3. The van der Waals surface area contributed by atoms with Crippen molar-refractivity contribution in [1.82, 2.24) is 5.32 Å². The predicted molar refractivity (Wildman–Crippen MR) is 82.6 cm³/mol. The summed E-state index contributed by atoms with van der Waals surface area (Å²) in [6, 6.07) is 7.70. The number of aliphatic carboxylic acids is 1. The van der Waals surface area contributed by atoms with Crippen LogP contribution in [0, 0.1) is 12.8 Å². The Morgan fingerprint density at radius 2 is 2.14 bits per heavy atom. The molecule has 2 rings (SSSR count). The molecule has 120 valence electrons. The first-order valence-corrected chi connectivity index (χ1v) is 7.62. The highest BCUT2D eigenvalue weighted by Crippen LogP contribution is 2.25. The molecule has 1 heterocycles. The molecule has 1 saturated heterocycles. The molecule has 1 aromatic rings. The van der Waals surface area contributed by atoms with Gasteiger partial charge in [0.05, 0.1) is 5.92 Å². The van der Waals surface area contributed by atoms with Gasteiger partial charge >= 0.3 is 5.97 Å². The lowest BCUT2D eigenvalue weighted by atomic mass is 9.95. The van der Waals surface area contributed by atoms with Gasteiger partial charge in [-0.25, -0.2) is 0 Å². The monoisotopic (exact) mass is 305 g/mol. The average molecular weight is 305 g/mol. The van der Waals surface area contributed by atoms with Gasteiger partial charge in [0.15, 0.2) is 0 Å². The van der Waals surface area contributed by atoms with Crippen LogP contribution in [0.1, 0.15) is 30.9 Å². The third-order valence-corrected chi connectivity index (χ3v) is 4.28. The summed E-state index contributed by atoms with van der Waals surface area (Å²) in [6.45, 7) is 4.41. The standard InChI is InChI=1S/C17H23NO4/c1-12-6-3-4-7-13(12)10-14(15(19)20)11-18-16(21)17(2)8-5-9-22-17/h3-4,6-7,14H,5,8-11H2,1-2H3,(H,18,21)(H,19,20)/t14-,17+/m1/s1. The second-order valence-electron chi connectivity index (χ2n) is 6.06. The molecule has 2 atom stereocenters. The van der Waals surface area contributed by atoms with E-state index in [1.165, 1.54) is 0 Å². The molecule has 0 spiro atoms. The van der Waals surface area contributed by atoms with E-state index in [0.717, 1.165) is 17.5 Å². The minimum absolute atomic E-state index is 0.113. The maximum absolute atomic E-state index is 12.2. The van der Waals surface area contributed by atoms with Crippen LogP contribution < -0.4 is 5.32 Å². The van der Waals surface area contributed by atoms with Crippen molar-refractivity contribution >= 4 is 11.9 Å². The van der Waals surface area contributed by atoms with Crippen LogP contribution in [0.3, 0.4) is 0 Å². The van der Waals surface area contributed by atoms with Crippen LogP contribution in [0.5, 0.6) is 0 Å². The summed E-state index contributed by atoms with van der Waals surface area (Å²) < 4.78 is 5.47. The lowest BCUT2D eigenvalue weighted by Gasteiger charge is -2.23. The van der Waals surface area contributed by atoms with E-state index in [4.69, 9.17) is 4.74 Å². The third kappa shape index (κ3) is 3.85. The number of carboxylic acid groups (broad SMARTS) is 1. The van der Waals surface area contributed by atoms with Gasteiger partial charge in [-0.1, -0.05) is 24.3 Å². The van der Waals surface area contributed by atoms with Crippen molar-refractivity contribution in [2.45, 2.75) is 38.7 Å². The Labute approximate surface area is 130 Å². The van der Waals surface area contributed by atoms with Crippen molar-refractivity contribution in [2.24, 2.45) is 5.92 Å². The highest BCUT2D eigenvalue weighted by molar-refractivity contribution is 5.85. The molecule has 0 saturated carbocycles. The Kier molecular flexibility index (Phi) is 5.19. The van der Waals surface area contributed by atoms with Gasteiger partial charge in [-0.15, -0.1) is 0 Å². The molecule has 0 radical (unpaired) electrons. The number of amides is 1. The molecule has 2 N–H and O–H groups in total. The van der Waals surface area contributed by atoms with Crippen molar-refractivity contribution in [2.75, 3.05) is 13.2 Å². The Balaban J connectivity index is 1.96. The molecule has 1 aliphatic heterocycles. The molecule has 0 unspecified atom stereocenters. The van der Waals surface area contributed by atoms with Crippen LogP contribution in [-0.4, -0.2) is 35.7 Å². The number of carbonyl (C=O) groups excluding carboxylic acids is 1. The molecule has 5 nitrogen and oxygen atoms in total. The van der Waals surface area contributed by atoms with Crippen molar-refractivity contribution in [3.05, 3.63) is 35.4 Å². The SMILES string of the molecule is Cc1ccccc1C[C@H](CNC(=O)[C@]1(C)CCCO1)C(=O)O. The quantitative estimate of drug-likeness (QED) is 0.842. The number of carbonyl (C=O) groups is 2. The lowest BCUT2D eigenvalue weighted by molar-refractivity contribution is -0.143. The van der Waals surface area contributed by atoms with E-state index in [0.29, 0.717) is 19.4 Å². The second-order valence-corrected chi connectivity index (χ2v) is 6.06. The zero-order chi connectivity index (χ0) is 16.2. The molecule has 1 aliphatic rings. The zero-order valence-electron chi connectivity index (χ0n) is 13.1. The smallest absolute Gasteiger partial charge is 0.308 e. The number of aryl methyl sites for hydroxylation is 1. The molecule has 1 fully saturated rings. The van der Waals surface area contributed by atoms with Gasteiger partial charge in [0.2, 0.25) is 0 Å². The number of nitrogens with one attached hydrogen (secondary N) is 1. The first kappa shape index (κ1) is 16.5. The van der Waals surface area contributed by atoms with Gasteiger partial charge in [-0.2, -0.15) is 0 Å². The molecular weight excluding hydrogens is 282 g/mol. The number of ether oxygens (including phenoxy) is 1. The number of carboxylic acids is 1. The normalized spacial score (nSPS) is 22.3. The topological polar surface area (TPSA) is 75.6 Å². The summed E-state index contributed by atoms with van der Waals surface area (Å²) in [6.07, 6.45) is 1.93. The molecule has 0 aromatic heterocycles. The first-order chi connectivity index (χ1) is 10.4. The summed E-state index contributed by atoms with van der Waals surface area (Å²) in [5.74, 6) is -1.77.